The third-order valence-corrected chi connectivity index (χ3v) is 4.32. The number of benzene rings is 2. The first-order valence-electron chi connectivity index (χ1n) is 9.61. The molecule has 0 spiro atoms. The Bertz CT molecular complexity index is 1110. The quantitative estimate of drug-likeness (QED) is 0.125. The second kappa shape index (κ2) is 14.3. The second-order valence-corrected chi connectivity index (χ2v) is 7.15. The van der Waals surface area contributed by atoms with Gasteiger partial charge >= 0.3 is 23.2 Å². The van der Waals surface area contributed by atoms with Crippen LogP contribution in [0.3, 0.4) is 0 Å². The summed E-state index contributed by atoms with van der Waals surface area (Å²) in [6, 6.07) is 13.9. The van der Waals surface area contributed by atoms with E-state index in [2.05, 4.69) is 25.7 Å². The normalized spacial score (nSPS) is 13.1. The van der Waals surface area contributed by atoms with E-state index in [-0.39, 0.29) is 39.3 Å². The first kappa shape index (κ1) is 29.9. The molecular formula is C20H18CuF3N7O2S2. The number of alkyl halides is 3. The predicted molar refractivity (Wildman–Crippen MR) is 130 cm³/mol. The molecule has 0 aromatic heterocycles. The molecule has 0 heterocycles. The van der Waals surface area contributed by atoms with Crippen molar-refractivity contribution >= 4 is 52.7 Å². The van der Waals surface area contributed by atoms with E-state index < -0.39 is 22.8 Å². The van der Waals surface area contributed by atoms with Gasteiger partial charge < -0.3 is 35.9 Å². The van der Waals surface area contributed by atoms with Crippen LogP contribution in [0.1, 0.15) is 18.1 Å². The summed E-state index contributed by atoms with van der Waals surface area (Å²) in [6.45, 7) is 0.938. The summed E-state index contributed by atoms with van der Waals surface area (Å²) in [5.74, 6) is 0. The van der Waals surface area contributed by atoms with Crippen molar-refractivity contribution in [1.82, 2.24) is 10.6 Å². The van der Waals surface area contributed by atoms with Gasteiger partial charge in [-0.05, 0) is 29.4 Å². The molecule has 0 saturated carbocycles. The fraction of sp³-hybridized carbons (Fsp3) is 0.200. The average molecular weight is 573 g/mol. The van der Waals surface area contributed by atoms with Crippen LogP contribution >= 0.6 is 0 Å². The van der Waals surface area contributed by atoms with Gasteiger partial charge in [0.15, 0.2) is 0 Å². The number of rotatable bonds is 8. The van der Waals surface area contributed by atoms with E-state index in [0.717, 1.165) is 0 Å². The summed E-state index contributed by atoms with van der Waals surface area (Å²) in [5.41, 5.74) is 0.938. The van der Waals surface area contributed by atoms with Crippen LogP contribution in [0.5, 0.6) is 0 Å². The van der Waals surface area contributed by atoms with Crippen molar-refractivity contribution in [3.63, 3.8) is 0 Å². The third kappa shape index (κ3) is 10.3. The van der Waals surface area contributed by atoms with Gasteiger partial charge in [0.2, 0.25) is 0 Å². The molecule has 0 saturated heterocycles. The minimum absolute atomic E-state index is 0. The van der Waals surface area contributed by atoms with E-state index in [9.17, 15) is 23.3 Å². The van der Waals surface area contributed by atoms with E-state index in [0.29, 0.717) is 17.7 Å². The molecule has 2 aromatic carbocycles. The molecule has 2 N–H and O–H groups in total. The number of hydrogen-bond acceptors (Lipinski definition) is 8. The van der Waals surface area contributed by atoms with E-state index in [4.69, 9.17) is 25.3 Å². The van der Waals surface area contributed by atoms with Crippen molar-refractivity contribution in [2.75, 3.05) is 13.1 Å². The molecular weight excluding hydrogens is 555 g/mol. The van der Waals surface area contributed by atoms with E-state index in [1.807, 2.05) is 12.2 Å². The number of nitrogens with zero attached hydrogens (tertiary/aromatic N) is 5. The molecule has 0 aliphatic carbocycles. The molecule has 0 aliphatic rings. The van der Waals surface area contributed by atoms with Gasteiger partial charge in [-0.25, -0.2) is 0 Å². The largest absolute Gasteiger partial charge is 2.00 e. The summed E-state index contributed by atoms with van der Waals surface area (Å²) >= 11 is 9.91. The van der Waals surface area contributed by atoms with Crippen LogP contribution in [-0.4, -0.2) is 45.9 Å². The van der Waals surface area contributed by atoms with E-state index in [1.165, 1.54) is 24.3 Å². The summed E-state index contributed by atoms with van der Waals surface area (Å²) in [6.07, 6.45) is -4.49. The molecule has 0 aliphatic heterocycles. The Kier molecular flexibility index (Phi) is 12.2. The summed E-state index contributed by atoms with van der Waals surface area (Å²) in [4.78, 5) is 10.5. The fourth-order valence-corrected chi connectivity index (χ4v) is 2.71. The second-order valence-electron chi connectivity index (χ2n) is 6.38. The van der Waals surface area contributed by atoms with Gasteiger partial charge in [-0.2, -0.15) is 23.4 Å². The predicted octanol–water partition coefficient (Wildman–Crippen LogP) is 3.27. The number of amidine groups is 2. The Morgan fingerprint density at radius 3 is 1.83 bits per heavy atom. The Labute approximate surface area is 220 Å². The number of nitro benzene ring substituents is 1. The summed E-state index contributed by atoms with van der Waals surface area (Å²) < 4.78 is 37.4. The minimum Gasteiger partial charge on any atom is -0.741 e. The van der Waals surface area contributed by atoms with Crippen molar-refractivity contribution in [3.8, 4) is 0 Å². The van der Waals surface area contributed by atoms with Crippen molar-refractivity contribution in [3.05, 3.63) is 75.8 Å². The van der Waals surface area contributed by atoms with Gasteiger partial charge in [0.05, 0.1) is 4.92 Å². The molecule has 2 aromatic rings. The Morgan fingerprint density at radius 2 is 1.37 bits per heavy atom. The molecule has 0 bridgehead atoms. The molecule has 0 fully saturated rings. The van der Waals surface area contributed by atoms with E-state index >= 15 is 0 Å². The molecule has 0 amide bonds. The molecule has 35 heavy (non-hydrogen) atoms. The maximum absolute atomic E-state index is 12.5. The van der Waals surface area contributed by atoms with Crippen LogP contribution in [0.2, 0.25) is 0 Å². The Morgan fingerprint density at radius 1 is 0.886 bits per heavy atom. The first-order valence-corrected chi connectivity index (χ1v) is 10.4. The number of hydrogen-bond donors (Lipinski definition) is 2. The molecule has 9 nitrogen and oxygen atoms in total. The van der Waals surface area contributed by atoms with Crippen molar-refractivity contribution in [2.45, 2.75) is 13.1 Å². The topological polar surface area (TPSA) is 117 Å². The number of halogens is 3. The van der Waals surface area contributed by atoms with Crippen LogP contribution in [0.15, 0.2) is 75.0 Å². The zero-order valence-electron chi connectivity index (χ0n) is 17.9. The molecule has 15 heteroatoms. The van der Waals surface area contributed by atoms with Crippen LogP contribution < -0.4 is 10.6 Å². The van der Waals surface area contributed by atoms with Crippen molar-refractivity contribution < 1.29 is 35.2 Å². The van der Waals surface area contributed by atoms with Crippen molar-refractivity contribution in [2.24, 2.45) is 20.4 Å². The number of nitrogens with one attached hydrogen (secondary N) is 2. The van der Waals surface area contributed by atoms with Crippen LogP contribution in [0, 0.1) is 10.1 Å². The molecule has 1 radical (unpaired) electrons. The van der Waals surface area contributed by atoms with Crippen LogP contribution in [0.25, 0.3) is 0 Å². The maximum Gasteiger partial charge on any atom is 2.00 e. The molecule has 2 rings (SSSR count). The van der Waals surface area contributed by atoms with Crippen molar-refractivity contribution in [1.29, 1.82) is 0 Å². The van der Waals surface area contributed by atoms with Gasteiger partial charge in [0.1, 0.15) is 18.0 Å². The third-order valence-electron chi connectivity index (χ3n) is 3.87. The minimum atomic E-state index is -4.49. The zero-order valence-corrected chi connectivity index (χ0v) is 20.5. The Balaban J connectivity index is 0.00000612. The fourth-order valence-electron chi connectivity index (χ4n) is 2.41. The molecule has 0 unspecified atom stereocenters. The van der Waals surface area contributed by atoms with Gasteiger partial charge in [0, 0.05) is 29.8 Å². The molecule has 0 atom stereocenters. The van der Waals surface area contributed by atoms with Crippen LogP contribution in [0.4, 0.5) is 18.9 Å². The van der Waals surface area contributed by atoms with Gasteiger partial charge in [-0.3, -0.25) is 10.1 Å². The first-order chi connectivity index (χ1) is 16.1. The number of non-ortho nitro benzene ring substituents is 1. The zero-order chi connectivity index (χ0) is 25.1. The van der Waals surface area contributed by atoms with Gasteiger partial charge in [-0.15, -0.1) is 10.2 Å². The summed E-state index contributed by atoms with van der Waals surface area (Å²) in [5, 5.41) is 31.2. The average Bonchev–Trinajstić information content (AvgIpc) is 2.80. The van der Waals surface area contributed by atoms with Crippen LogP contribution in [-0.2, 0) is 42.3 Å². The standard InChI is InChI=1S/C20H20F3N7O2S2.Cu/c1-2-24-18(33)28-27-17(14-8-10-15(11-9-14)30(31)32)16(13-6-4-3-5-7-13)26-29-19(34)25-12-20(21,22)23;/h3-11H,2,12H2,1H3,(H2,24,28,33)(H2,25,29,34);/q;+2/p-2. The molecule has 189 valence electrons. The monoisotopic (exact) mass is 572 g/mol. The SMILES string of the molecule is CCNC([S-])=NN=C(C(=NN=C([S-])NCC(F)(F)F)c1ccccc1)c1ccc([N+](=O)[O-])cc1.[Cu+2]. The van der Waals surface area contributed by atoms with Gasteiger partial charge in [-0.1, -0.05) is 30.3 Å². The smallest absolute Gasteiger partial charge is 0.741 e. The summed E-state index contributed by atoms with van der Waals surface area (Å²) in [7, 11) is 0. The maximum atomic E-state index is 12.5. The number of nitro groups is 1. The van der Waals surface area contributed by atoms with Gasteiger partial charge in [0.25, 0.3) is 5.69 Å². The van der Waals surface area contributed by atoms with E-state index in [1.54, 1.807) is 30.3 Å². The Hall–Kier alpha value is -3.13.